The molecule has 27 heavy (non-hydrogen) atoms. The fourth-order valence-corrected chi connectivity index (χ4v) is 3.20. The van der Waals surface area contributed by atoms with Gasteiger partial charge >= 0.3 is 0 Å². The Kier molecular flexibility index (Phi) is 12.3. The fourth-order valence-electron chi connectivity index (χ4n) is 3.20. The van der Waals surface area contributed by atoms with Crippen LogP contribution in [0.3, 0.4) is 0 Å². The molecule has 0 aliphatic rings. The second-order valence-corrected chi connectivity index (χ2v) is 8.22. The van der Waals surface area contributed by atoms with E-state index in [2.05, 4.69) is 19.2 Å². The molecular weight excluding hydrogens is 346 g/mol. The van der Waals surface area contributed by atoms with Gasteiger partial charge in [-0.25, -0.2) is 0 Å². The van der Waals surface area contributed by atoms with E-state index in [4.69, 9.17) is 11.5 Å². The van der Waals surface area contributed by atoms with Gasteiger partial charge in [0, 0.05) is 18.8 Å². The summed E-state index contributed by atoms with van der Waals surface area (Å²) >= 11 is 0. The number of aliphatic hydroxyl groups excluding tert-OH is 1. The quantitative estimate of drug-likeness (QED) is 0.352. The number of hydrogen-bond acceptors (Lipinski definition) is 6. The van der Waals surface area contributed by atoms with Crippen LogP contribution in [0, 0.1) is 23.7 Å². The van der Waals surface area contributed by atoms with Crippen molar-refractivity contribution in [2.24, 2.45) is 35.1 Å². The van der Waals surface area contributed by atoms with E-state index in [1.807, 2.05) is 0 Å². The molecule has 0 bridgehead atoms. The first-order valence-corrected chi connectivity index (χ1v) is 9.97. The highest BCUT2D eigenvalue weighted by Gasteiger charge is 2.31. The molecule has 0 heterocycles. The molecule has 1 amide bonds. The lowest BCUT2D eigenvalue weighted by molar-refractivity contribution is -0.136. The molecule has 4 atom stereocenters. The van der Waals surface area contributed by atoms with Crippen LogP contribution in [0.25, 0.3) is 0 Å². The average molecular weight is 386 g/mol. The minimum atomic E-state index is -0.997. The largest absolute Gasteiger partial charge is 0.393 e. The summed E-state index contributed by atoms with van der Waals surface area (Å²) in [5.41, 5.74) is 11.3. The van der Waals surface area contributed by atoms with Crippen molar-refractivity contribution in [2.45, 2.75) is 72.4 Å². The standard InChI is InChI=1S/C20H39N3O4/c1-12(2)8-15(11-22)9-16(25)10-17(14(5)24)20(27)23-18(6-7-21)19(26)13(3)4/h12-15,17-18,24H,6-11,21-22H2,1-5H3,(H,23,27)/t14-,15-,17-,18-/m0/s1. The zero-order valence-corrected chi connectivity index (χ0v) is 17.5. The van der Waals surface area contributed by atoms with Crippen LogP contribution in [0.1, 0.15) is 60.3 Å². The first-order valence-electron chi connectivity index (χ1n) is 9.97. The highest BCUT2D eigenvalue weighted by atomic mass is 16.3. The van der Waals surface area contributed by atoms with Gasteiger partial charge in [0.2, 0.25) is 5.91 Å². The minimum absolute atomic E-state index is 0.0662. The molecule has 0 saturated heterocycles. The molecule has 0 saturated carbocycles. The third kappa shape index (κ3) is 9.98. The number of hydrogen-bond donors (Lipinski definition) is 4. The van der Waals surface area contributed by atoms with E-state index in [1.54, 1.807) is 13.8 Å². The normalized spacial score (nSPS) is 16.1. The van der Waals surface area contributed by atoms with Crippen molar-refractivity contribution in [3.8, 4) is 0 Å². The third-order valence-corrected chi connectivity index (χ3v) is 4.71. The van der Waals surface area contributed by atoms with Crippen molar-refractivity contribution >= 4 is 17.5 Å². The molecule has 6 N–H and O–H groups in total. The first kappa shape index (κ1) is 25.7. The highest BCUT2D eigenvalue weighted by Crippen LogP contribution is 2.19. The van der Waals surface area contributed by atoms with Crippen molar-refractivity contribution in [1.29, 1.82) is 0 Å². The van der Waals surface area contributed by atoms with Crippen LogP contribution in [-0.4, -0.2) is 47.8 Å². The van der Waals surface area contributed by atoms with Gasteiger partial charge in [0.1, 0.15) is 5.78 Å². The molecule has 7 nitrogen and oxygen atoms in total. The Bertz CT molecular complexity index is 478. The SMILES string of the molecule is CC(C)C[C@H](CN)CC(=O)C[C@H](C(=O)N[C@@H](CCN)C(=O)C(C)C)[C@H](C)O. The highest BCUT2D eigenvalue weighted by molar-refractivity contribution is 5.92. The van der Waals surface area contributed by atoms with Gasteiger partial charge in [-0.1, -0.05) is 27.7 Å². The number of rotatable bonds is 14. The molecule has 0 spiro atoms. The van der Waals surface area contributed by atoms with Crippen molar-refractivity contribution < 1.29 is 19.5 Å². The molecule has 0 aromatic rings. The van der Waals surface area contributed by atoms with Gasteiger partial charge in [0.25, 0.3) is 0 Å². The molecule has 0 aliphatic carbocycles. The summed E-state index contributed by atoms with van der Waals surface area (Å²) in [5.74, 6) is -1.32. The van der Waals surface area contributed by atoms with E-state index in [0.717, 1.165) is 6.42 Å². The summed E-state index contributed by atoms with van der Waals surface area (Å²) in [5, 5.41) is 12.7. The van der Waals surface area contributed by atoms with Crippen molar-refractivity contribution in [3.63, 3.8) is 0 Å². The van der Waals surface area contributed by atoms with Crippen molar-refractivity contribution in [2.75, 3.05) is 13.1 Å². The van der Waals surface area contributed by atoms with Crippen LogP contribution in [-0.2, 0) is 14.4 Å². The predicted molar refractivity (Wildman–Crippen MR) is 107 cm³/mol. The maximum Gasteiger partial charge on any atom is 0.226 e. The molecule has 0 aromatic carbocycles. The van der Waals surface area contributed by atoms with Crippen molar-refractivity contribution in [1.82, 2.24) is 5.32 Å². The zero-order valence-electron chi connectivity index (χ0n) is 17.5. The number of aliphatic hydroxyl groups is 1. The van der Waals surface area contributed by atoms with Crippen LogP contribution >= 0.6 is 0 Å². The molecule has 7 heteroatoms. The van der Waals surface area contributed by atoms with Crippen molar-refractivity contribution in [3.05, 3.63) is 0 Å². The monoisotopic (exact) mass is 385 g/mol. The topological polar surface area (TPSA) is 136 Å². The Morgan fingerprint density at radius 1 is 1.00 bits per heavy atom. The van der Waals surface area contributed by atoms with Gasteiger partial charge in [0.15, 0.2) is 5.78 Å². The number of ketones is 2. The average Bonchev–Trinajstić information content (AvgIpc) is 2.56. The number of nitrogens with two attached hydrogens (primary N) is 2. The molecule has 0 radical (unpaired) electrons. The zero-order chi connectivity index (χ0) is 21.1. The first-order chi connectivity index (χ1) is 12.5. The van der Waals surface area contributed by atoms with E-state index in [9.17, 15) is 19.5 Å². The van der Waals surface area contributed by atoms with E-state index < -0.39 is 24.0 Å². The Hall–Kier alpha value is -1.31. The number of Topliss-reactive ketones (excluding diaryl/α,β-unsaturated/α-hetero) is 2. The summed E-state index contributed by atoms with van der Waals surface area (Å²) in [6.07, 6.45) is 0.399. The van der Waals surface area contributed by atoms with Gasteiger partial charge in [-0.2, -0.15) is 0 Å². The van der Waals surface area contributed by atoms with Gasteiger partial charge < -0.3 is 21.9 Å². The van der Waals surface area contributed by atoms with E-state index in [0.29, 0.717) is 25.3 Å². The lowest BCUT2D eigenvalue weighted by Crippen LogP contribution is -2.48. The summed E-state index contributed by atoms with van der Waals surface area (Å²) in [7, 11) is 0. The second kappa shape index (κ2) is 13.0. The minimum Gasteiger partial charge on any atom is -0.393 e. The lowest BCUT2D eigenvalue weighted by Gasteiger charge is -2.24. The predicted octanol–water partition coefficient (Wildman–Crippen LogP) is 1.01. The third-order valence-electron chi connectivity index (χ3n) is 4.71. The molecule has 0 rings (SSSR count). The summed E-state index contributed by atoms with van der Waals surface area (Å²) in [6, 6.07) is -0.698. The number of carbonyl (C=O) groups excluding carboxylic acids is 3. The van der Waals surface area contributed by atoms with Gasteiger partial charge in [-0.15, -0.1) is 0 Å². The van der Waals surface area contributed by atoms with E-state index >= 15 is 0 Å². The van der Waals surface area contributed by atoms with Gasteiger partial charge in [-0.05, 0) is 44.7 Å². The lowest BCUT2D eigenvalue weighted by atomic mass is 9.88. The summed E-state index contributed by atoms with van der Waals surface area (Å²) in [4.78, 5) is 37.3. The van der Waals surface area contributed by atoms with Crippen LogP contribution in [0.15, 0.2) is 0 Å². The van der Waals surface area contributed by atoms with Crippen LogP contribution < -0.4 is 16.8 Å². The Morgan fingerprint density at radius 2 is 1.59 bits per heavy atom. The smallest absolute Gasteiger partial charge is 0.226 e. The molecule has 0 unspecified atom stereocenters. The number of amides is 1. The molecular formula is C20H39N3O4. The van der Waals surface area contributed by atoms with E-state index in [-0.39, 0.29) is 36.4 Å². The summed E-state index contributed by atoms with van der Waals surface area (Å²) in [6.45, 7) is 9.82. The maximum atomic E-state index is 12.6. The van der Waals surface area contributed by atoms with Crippen LogP contribution in [0.2, 0.25) is 0 Å². The number of carbonyl (C=O) groups is 3. The molecule has 158 valence electrons. The Morgan fingerprint density at radius 3 is 2.00 bits per heavy atom. The Labute approximate surface area is 163 Å². The maximum absolute atomic E-state index is 12.6. The second-order valence-electron chi connectivity index (χ2n) is 8.22. The number of nitrogens with one attached hydrogen (secondary N) is 1. The fraction of sp³-hybridized carbons (Fsp3) is 0.850. The molecule has 0 fully saturated rings. The van der Waals surface area contributed by atoms with E-state index in [1.165, 1.54) is 6.92 Å². The van der Waals surface area contributed by atoms with Gasteiger partial charge in [0.05, 0.1) is 18.1 Å². The molecule has 0 aromatic heterocycles. The van der Waals surface area contributed by atoms with Crippen LogP contribution in [0.5, 0.6) is 0 Å². The van der Waals surface area contributed by atoms with Crippen LogP contribution in [0.4, 0.5) is 0 Å². The Balaban J connectivity index is 5.01. The summed E-state index contributed by atoms with van der Waals surface area (Å²) < 4.78 is 0. The molecule has 0 aliphatic heterocycles. The van der Waals surface area contributed by atoms with Gasteiger partial charge in [-0.3, -0.25) is 14.4 Å².